The molecule has 0 bridgehead atoms. The molecule has 1 fully saturated rings. The van der Waals surface area contributed by atoms with Crippen molar-refractivity contribution in [3.05, 3.63) is 0 Å². The third kappa shape index (κ3) is 2.64. The number of esters is 2. The Morgan fingerprint density at radius 2 is 2.31 bits per heavy atom. The zero-order valence-corrected chi connectivity index (χ0v) is 8.24. The van der Waals surface area contributed by atoms with Crippen LogP contribution in [0.15, 0.2) is 0 Å². The van der Waals surface area contributed by atoms with Gasteiger partial charge < -0.3 is 9.26 Å². The Morgan fingerprint density at radius 3 is 2.85 bits per heavy atom. The third-order valence-electron chi connectivity index (χ3n) is 1.71. The van der Waals surface area contributed by atoms with E-state index in [4.69, 9.17) is 4.52 Å². The van der Waals surface area contributed by atoms with Gasteiger partial charge in [-0.1, -0.05) is 0 Å². The van der Waals surface area contributed by atoms with Crippen LogP contribution in [0.3, 0.4) is 0 Å². The number of hydrogen-bond acceptors (Lipinski definition) is 5. The zero-order valence-electron chi connectivity index (χ0n) is 7.24. The maximum absolute atomic E-state index is 11.3. The van der Waals surface area contributed by atoms with Gasteiger partial charge in [0.05, 0.1) is 6.61 Å². The lowest BCUT2D eigenvalue weighted by Gasteiger charge is -2.18. The van der Waals surface area contributed by atoms with Crippen LogP contribution in [0.5, 0.6) is 0 Å². The van der Waals surface area contributed by atoms with E-state index in [1.165, 1.54) is 0 Å². The van der Waals surface area contributed by atoms with E-state index in [1.807, 2.05) is 0 Å². The molecule has 1 heterocycles. The van der Waals surface area contributed by atoms with E-state index in [-0.39, 0.29) is 12.8 Å². The van der Waals surface area contributed by atoms with Gasteiger partial charge in [-0.3, -0.25) is 14.2 Å². The second-order valence-corrected chi connectivity index (χ2v) is 4.26. The Hall–Kier alpha value is -0.670. The molecule has 2 unspecified atom stereocenters. The van der Waals surface area contributed by atoms with Crippen LogP contribution in [0.1, 0.15) is 19.8 Å². The first-order valence-electron chi connectivity index (χ1n) is 4.06. The highest BCUT2D eigenvalue weighted by Gasteiger charge is 2.33. The Bertz CT molecular complexity index is 249. The molecule has 5 nitrogen and oxygen atoms in total. The van der Waals surface area contributed by atoms with Gasteiger partial charge in [0.1, 0.15) is 5.66 Å². The van der Waals surface area contributed by atoms with Crippen molar-refractivity contribution in [2.75, 3.05) is 6.61 Å². The number of rotatable bonds is 3. The molecule has 0 amide bonds. The van der Waals surface area contributed by atoms with Crippen LogP contribution in [0.25, 0.3) is 0 Å². The lowest BCUT2D eigenvalue weighted by atomic mass is 10.2. The first-order valence-corrected chi connectivity index (χ1v) is 5.45. The Morgan fingerprint density at radius 1 is 1.62 bits per heavy atom. The SMILES string of the molecule is CCO[PH](=O)C1CCC(=O)OC1=O. The number of carbonyl (C=O) groups is 2. The highest BCUT2D eigenvalue weighted by Crippen LogP contribution is 2.35. The molecule has 2 atom stereocenters. The van der Waals surface area contributed by atoms with E-state index in [1.54, 1.807) is 6.92 Å². The van der Waals surface area contributed by atoms with Crippen LogP contribution < -0.4 is 0 Å². The average Bonchev–Trinajstić information content (AvgIpc) is 2.04. The monoisotopic (exact) mass is 206 g/mol. The summed E-state index contributed by atoms with van der Waals surface area (Å²) >= 11 is 0. The molecule has 0 aliphatic carbocycles. The van der Waals surface area contributed by atoms with E-state index in [0.717, 1.165) is 0 Å². The molecule has 1 aliphatic rings. The Balaban J connectivity index is 2.55. The summed E-state index contributed by atoms with van der Waals surface area (Å²) in [7, 11) is -2.39. The van der Waals surface area contributed by atoms with E-state index >= 15 is 0 Å². The van der Waals surface area contributed by atoms with Crippen LogP contribution in [0.4, 0.5) is 0 Å². The van der Waals surface area contributed by atoms with Crippen molar-refractivity contribution in [2.45, 2.75) is 25.4 Å². The van der Waals surface area contributed by atoms with E-state index in [9.17, 15) is 14.2 Å². The number of ether oxygens (including phenoxy) is 1. The van der Waals surface area contributed by atoms with Crippen LogP contribution in [-0.2, 0) is 23.4 Å². The van der Waals surface area contributed by atoms with Crippen molar-refractivity contribution in [1.29, 1.82) is 0 Å². The fourth-order valence-electron chi connectivity index (χ4n) is 1.07. The molecule has 0 saturated carbocycles. The first kappa shape index (κ1) is 10.4. The molecule has 0 spiro atoms. The summed E-state index contributed by atoms with van der Waals surface area (Å²) in [5, 5.41) is 0. The second kappa shape index (κ2) is 4.53. The minimum absolute atomic E-state index is 0.139. The van der Waals surface area contributed by atoms with Gasteiger partial charge in [-0.15, -0.1) is 0 Å². The zero-order chi connectivity index (χ0) is 9.84. The van der Waals surface area contributed by atoms with Gasteiger partial charge in [-0.05, 0) is 13.3 Å². The minimum Gasteiger partial charge on any atom is -0.393 e. The maximum Gasteiger partial charge on any atom is 0.326 e. The molecule has 6 heteroatoms. The molecule has 1 saturated heterocycles. The average molecular weight is 206 g/mol. The van der Waals surface area contributed by atoms with E-state index in [0.29, 0.717) is 6.61 Å². The topological polar surface area (TPSA) is 69.7 Å². The van der Waals surface area contributed by atoms with Crippen LogP contribution >= 0.6 is 8.03 Å². The highest BCUT2D eigenvalue weighted by molar-refractivity contribution is 7.41. The summed E-state index contributed by atoms with van der Waals surface area (Å²) in [4.78, 5) is 21.6. The van der Waals surface area contributed by atoms with Crippen molar-refractivity contribution in [3.8, 4) is 0 Å². The Kier molecular flexibility index (Phi) is 3.63. The molecule has 1 aliphatic heterocycles. The fourth-order valence-corrected chi connectivity index (χ4v) is 2.19. The molecule has 13 heavy (non-hydrogen) atoms. The summed E-state index contributed by atoms with van der Waals surface area (Å²) in [5.74, 6) is -1.26. The molecular formula is C7H11O5P. The summed E-state index contributed by atoms with van der Waals surface area (Å²) < 4.78 is 20.4. The van der Waals surface area contributed by atoms with Gasteiger partial charge in [-0.25, -0.2) is 0 Å². The van der Waals surface area contributed by atoms with E-state index < -0.39 is 25.6 Å². The summed E-state index contributed by atoms with van der Waals surface area (Å²) in [5.41, 5.74) is -0.734. The predicted molar refractivity (Wildman–Crippen MR) is 44.7 cm³/mol. The van der Waals surface area contributed by atoms with Gasteiger partial charge in [0.25, 0.3) is 0 Å². The molecule has 0 radical (unpaired) electrons. The number of hydrogen-bond donors (Lipinski definition) is 0. The summed E-state index contributed by atoms with van der Waals surface area (Å²) in [6.07, 6.45) is 0.412. The van der Waals surface area contributed by atoms with E-state index in [2.05, 4.69) is 4.74 Å². The Labute approximate surface area is 76.3 Å². The van der Waals surface area contributed by atoms with Crippen LogP contribution in [0, 0.1) is 0 Å². The molecule has 0 aromatic rings. The summed E-state index contributed by atoms with van der Waals surface area (Å²) in [6.45, 7) is 2.00. The van der Waals surface area contributed by atoms with Crippen molar-refractivity contribution in [2.24, 2.45) is 0 Å². The molecule has 0 aromatic carbocycles. The number of carbonyl (C=O) groups excluding carboxylic acids is 2. The van der Waals surface area contributed by atoms with Gasteiger partial charge in [-0.2, -0.15) is 0 Å². The standard InChI is InChI=1S/C7H11O5P/c1-2-11-13(10)5-3-4-6(8)12-7(5)9/h5,13H,2-4H2,1H3. The molecule has 1 rings (SSSR count). The summed E-state index contributed by atoms with van der Waals surface area (Å²) in [6, 6.07) is 0. The minimum atomic E-state index is -2.39. The highest BCUT2D eigenvalue weighted by atomic mass is 31.1. The second-order valence-electron chi connectivity index (χ2n) is 2.64. The van der Waals surface area contributed by atoms with Crippen molar-refractivity contribution >= 4 is 20.0 Å². The van der Waals surface area contributed by atoms with Crippen LogP contribution in [-0.4, -0.2) is 24.2 Å². The van der Waals surface area contributed by atoms with Gasteiger partial charge in [0.2, 0.25) is 8.03 Å². The molecular weight excluding hydrogens is 195 g/mol. The smallest absolute Gasteiger partial charge is 0.326 e. The third-order valence-corrected chi connectivity index (χ3v) is 3.37. The normalized spacial score (nSPS) is 25.5. The molecule has 0 aromatic heterocycles. The largest absolute Gasteiger partial charge is 0.393 e. The maximum atomic E-state index is 11.3. The predicted octanol–water partition coefficient (Wildman–Crippen LogP) is 0.730. The van der Waals surface area contributed by atoms with Gasteiger partial charge >= 0.3 is 11.9 Å². The lowest BCUT2D eigenvalue weighted by molar-refractivity contribution is -0.162. The van der Waals surface area contributed by atoms with Crippen molar-refractivity contribution in [1.82, 2.24) is 0 Å². The molecule has 74 valence electrons. The quantitative estimate of drug-likeness (QED) is 0.386. The van der Waals surface area contributed by atoms with Gasteiger partial charge in [0.15, 0.2) is 0 Å². The lowest BCUT2D eigenvalue weighted by Crippen LogP contribution is -2.29. The van der Waals surface area contributed by atoms with Crippen molar-refractivity contribution in [3.63, 3.8) is 0 Å². The molecule has 0 N–H and O–H groups in total. The fraction of sp³-hybridized carbons (Fsp3) is 0.714. The van der Waals surface area contributed by atoms with Crippen LogP contribution in [0.2, 0.25) is 0 Å². The van der Waals surface area contributed by atoms with Crippen molar-refractivity contribution < 1.29 is 23.4 Å². The number of cyclic esters (lactones) is 2. The van der Waals surface area contributed by atoms with Gasteiger partial charge in [0, 0.05) is 6.42 Å². The first-order chi connectivity index (χ1) is 6.15.